The topological polar surface area (TPSA) is 135 Å². The molecule has 0 saturated carbocycles. The summed E-state index contributed by atoms with van der Waals surface area (Å²) in [6.07, 6.45) is 2.61. The highest BCUT2D eigenvalue weighted by Gasteiger charge is 2.29. The number of ether oxygens (including phenoxy) is 2. The van der Waals surface area contributed by atoms with Crippen molar-refractivity contribution in [2.24, 2.45) is 11.7 Å². The zero-order valence-corrected chi connectivity index (χ0v) is 18.8. The molecule has 0 unspecified atom stereocenters. The van der Waals surface area contributed by atoms with Crippen LogP contribution in [0.5, 0.6) is 0 Å². The Balaban J connectivity index is 1.45. The minimum absolute atomic E-state index is 0.0188. The van der Waals surface area contributed by atoms with Crippen molar-refractivity contribution in [3.05, 3.63) is 58.6 Å². The van der Waals surface area contributed by atoms with E-state index in [2.05, 4.69) is 10.5 Å². The maximum absolute atomic E-state index is 12.4. The van der Waals surface area contributed by atoms with Crippen LogP contribution in [0.25, 0.3) is 0 Å². The van der Waals surface area contributed by atoms with Gasteiger partial charge in [-0.3, -0.25) is 9.36 Å². The smallest absolute Gasteiger partial charge is 0.351 e. The number of rotatable bonds is 10. The van der Waals surface area contributed by atoms with Crippen molar-refractivity contribution in [3.8, 4) is 0 Å². The van der Waals surface area contributed by atoms with Crippen molar-refractivity contribution in [3.63, 3.8) is 0 Å². The Morgan fingerprint density at radius 3 is 2.70 bits per heavy atom. The highest BCUT2D eigenvalue weighted by molar-refractivity contribution is 5.75. The zero-order chi connectivity index (χ0) is 23.8. The fourth-order valence-electron chi connectivity index (χ4n) is 3.30. The van der Waals surface area contributed by atoms with Crippen LogP contribution >= 0.6 is 0 Å². The molecule has 3 N–H and O–H groups in total. The summed E-state index contributed by atoms with van der Waals surface area (Å²) >= 11 is 0. The largest absolute Gasteiger partial charge is 0.462 e. The summed E-state index contributed by atoms with van der Waals surface area (Å²) in [6.45, 7) is 3.77. The van der Waals surface area contributed by atoms with E-state index in [1.54, 1.807) is 0 Å². The second-order valence-corrected chi connectivity index (χ2v) is 8.25. The standard InChI is InChI=1S/C23H30N4O6/c1-15(2)21(24)22(29)31-14-17-9-10-19(32-17)27-13-12-18(25-23(27)30)26-33-20(28)11-8-16-6-4-3-5-7-16/h3-7,12-13,15,17,19,21H,8-11,14,24H2,1-2H3,(H,25,26,30)/t17-,19+,21-/m0/s1. The van der Waals surface area contributed by atoms with Gasteiger partial charge in [0.05, 0.1) is 12.5 Å². The summed E-state index contributed by atoms with van der Waals surface area (Å²) in [5.41, 5.74) is 8.67. The van der Waals surface area contributed by atoms with E-state index in [1.807, 2.05) is 44.2 Å². The number of nitrogens with zero attached hydrogens (tertiary/aromatic N) is 2. The molecule has 10 heteroatoms. The van der Waals surface area contributed by atoms with Crippen LogP contribution in [0.1, 0.15) is 44.9 Å². The van der Waals surface area contributed by atoms with Gasteiger partial charge in [-0.2, -0.15) is 4.98 Å². The molecule has 1 aromatic carbocycles. The van der Waals surface area contributed by atoms with Crippen LogP contribution < -0.4 is 16.9 Å². The highest BCUT2D eigenvalue weighted by Crippen LogP contribution is 2.27. The van der Waals surface area contributed by atoms with Crippen LogP contribution in [0.15, 0.2) is 47.4 Å². The minimum Gasteiger partial charge on any atom is -0.462 e. The van der Waals surface area contributed by atoms with E-state index in [1.165, 1.54) is 16.8 Å². The van der Waals surface area contributed by atoms with Crippen LogP contribution in [0.4, 0.5) is 5.82 Å². The average Bonchev–Trinajstić information content (AvgIpc) is 3.28. The third kappa shape index (κ3) is 7.13. The van der Waals surface area contributed by atoms with Gasteiger partial charge in [0.15, 0.2) is 5.82 Å². The molecule has 33 heavy (non-hydrogen) atoms. The molecule has 3 atom stereocenters. The van der Waals surface area contributed by atoms with Crippen LogP contribution in [-0.4, -0.2) is 40.2 Å². The molecule has 1 fully saturated rings. The Morgan fingerprint density at radius 1 is 1.24 bits per heavy atom. The molecule has 0 spiro atoms. The fourth-order valence-corrected chi connectivity index (χ4v) is 3.30. The van der Waals surface area contributed by atoms with Crippen molar-refractivity contribution in [2.75, 3.05) is 12.1 Å². The third-order valence-electron chi connectivity index (χ3n) is 5.36. The maximum Gasteiger partial charge on any atom is 0.351 e. The molecule has 10 nitrogen and oxygen atoms in total. The third-order valence-corrected chi connectivity index (χ3v) is 5.36. The molecule has 0 amide bonds. The predicted octanol–water partition coefficient (Wildman–Crippen LogP) is 1.95. The molecule has 0 bridgehead atoms. The summed E-state index contributed by atoms with van der Waals surface area (Å²) in [7, 11) is 0. The SMILES string of the molecule is CC(C)[C@H](N)C(=O)OC[C@@H]1CC[C@H](n2ccc(NOC(=O)CCc3ccccc3)nc2=O)O1. The number of carbonyl (C=O) groups is 2. The molecular weight excluding hydrogens is 428 g/mol. The monoisotopic (exact) mass is 458 g/mol. The molecule has 3 rings (SSSR count). The number of aromatic nitrogens is 2. The van der Waals surface area contributed by atoms with Crippen LogP contribution in [0.2, 0.25) is 0 Å². The van der Waals surface area contributed by atoms with Crippen molar-refractivity contribution in [1.82, 2.24) is 9.55 Å². The van der Waals surface area contributed by atoms with E-state index < -0.39 is 29.9 Å². The van der Waals surface area contributed by atoms with Gasteiger partial charge < -0.3 is 20.0 Å². The van der Waals surface area contributed by atoms with Crippen LogP contribution in [0, 0.1) is 5.92 Å². The van der Waals surface area contributed by atoms with E-state index in [9.17, 15) is 14.4 Å². The lowest BCUT2D eigenvalue weighted by molar-refractivity contribution is -0.151. The Labute approximate surface area is 192 Å². The van der Waals surface area contributed by atoms with Crippen LogP contribution in [-0.2, 0) is 30.3 Å². The number of nitrogens with two attached hydrogens (primary N) is 1. The number of benzene rings is 1. The number of aryl methyl sites for hydroxylation is 1. The van der Waals surface area contributed by atoms with Crippen molar-refractivity contribution < 1.29 is 23.9 Å². The number of nitrogens with one attached hydrogen (secondary N) is 1. The maximum atomic E-state index is 12.4. The van der Waals surface area contributed by atoms with Crippen LogP contribution in [0.3, 0.4) is 0 Å². The Kier molecular flexibility index (Phi) is 8.56. The molecule has 0 aliphatic carbocycles. The van der Waals surface area contributed by atoms with E-state index in [-0.39, 0.29) is 30.9 Å². The normalized spacial score (nSPS) is 18.7. The summed E-state index contributed by atoms with van der Waals surface area (Å²) in [6, 6.07) is 10.4. The first kappa shape index (κ1) is 24.4. The fraction of sp³-hybridized carbons (Fsp3) is 0.478. The van der Waals surface area contributed by atoms with Gasteiger partial charge in [-0.05, 0) is 30.7 Å². The molecule has 1 saturated heterocycles. The lowest BCUT2D eigenvalue weighted by atomic mass is 10.1. The first-order chi connectivity index (χ1) is 15.8. The number of esters is 1. The lowest BCUT2D eigenvalue weighted by Gasteiger charge is -2.18. The molecule has 0 radical (unpaired) electrons. The number of hydrogen-bond acceptors (Lipinski definition) is 9. The van der Waals surface area contributed by atoms with Gasteiger partial charge in [0.1, 0.15) is 18.9 Å². The lowest BCUT2D eigenvalue weighted by Crippen LogP contribution is -2.38. The van der Waals surface area contributed by atoms with Gasteiger partial charge in [0, 0.05) is 12.3 Å². The number of hydrogen-bond donors (Lipinski definition) is 2. The summed E-state index contributed by atoms with van der Waals surface area (Å²) in [5.74, 6) is -0.826. The van der Waals surface area contributed by atoms with Gasteiger partial charge in [0.2, 0.25) is 0 Å². The second-order valence-electron chi connectivity index (χ2n) is 8.25. The Morgan fingerprint density at radius 2 is 2.00 bits per heavy atom. The molecule has 178 valence electrons. The average molecular weight is 459 g/mol. The minimum atomic E-state index is -0.679. The van der Waals surface area contributed by atoms with Crippen molar-refractivity contribution >= 4 is 17.8 Å². The highest BCUT2D eigenvalue weighted by atomic mass is 16.7. The molecule has 1 aliphatic rings. The summed E-state index contributed by atoms with van der Waals surface area (Å²) in [4.78, 5) is 45.1. The molecular formula is C23H30N4O6. The molecule has 1 aromatic heterocycles. The second kappa shape index (κ2) is 11.6. The van der Waals surface area contributed by atoms with Gasteiger partial charge in [0.25, 0.3) is 0 Å². The molecule has 1 aliphatic heterocycles. The molecule has 2 aromatic rings. The van der Waals surface area contributed by atoms with E-state index >= 15 is 0 Å². The summed E-state index contributed by atoms with van der Waals surface area (Å²) in [5, 5.41) is 0. The summed E-state index contributed by atoms with van der Waals surface area (Å²) < 4.78 is 12.4. The first-order valence-electron chi connectivity index (χ1n) is 11.0. The van der Waals surface area contributed by atoms with Gasteiger partial charge in [-0.15, -0.1) is 0 Å². The Bertz CT molecular complexity index is 994. The van der Waals surface area contributed by atoms with E-state index in [4.69, 9.17) is 20.0 Å². The van der Waals surface area contributed by atoms with Gasteiger partial charge >= 0.3 is 17.6 Å². The first-order valence-corrected chi connectivity index (χ1v) is 11.0. The van der Waals surface area contributed by atoms with Gasteiger partial charge in [-0.1, -0.05) is 44.2 Å². The number of carbonyl (C=O) groups excluding carboxylic acids is 2. The van der Waals surface area contributed by atoms with E-state index in [0.29, 0.717) is 19.3 Å². The molecule has 2 heterocycles. The zero-order valence-electron chi connectivity index (χ0n) is 18.8. The quantitative estimate of drug-likeness (QED) is 0.404. The number of anilines is 1. The van der Waals surface area contributed by atoms with E-state index in [0.717, 1.165) is 5.56 Å². The van der Waals surface area contributed by atoms with Crippen molar-refractivity contribution in [2.45, 2.75) is 57.9 Å². The van der Waals surface area contributed by atoms with Crippen molar-refractivity contribution in [1.29, 1.82) is 0 Å². The predicted molar refractivity (Wildman–Crippen MR) is 120 cm³/mol. The Hall–Kier alpha value is -3.24. The van der Waals surface area contributed by atoms with Gasteiger partial charge in [-0.25, -0.2) is 15.1 Å².